The van der Waals surface area contributed by atoms with Crippen LogP contribution in [0.2, 0.25) is 0 Å². The van der Waals surface area contributed by atoms with Crippen molar-refractivity contribution in [1.29, 1.82) is 0 Å². The summed E-state index contributed by atoms with van der Waals surface area (Å²) in [4.78, 5) is 4.84. The predicted octanol–water partition coefficient (Wildman–Crippen LogP) is 12.2. The van der Waals surface area contributed by atoms with Crippen LogP contribution < -0.4 is 21.3 Å². The quantitative estimate of drug-likeness (QED) is 0.167. The van der Waals surface area contributed by atoms with E-state index in [1.807, 2.05) is 12.1 Å². The van der Waals surface area contributed by atoms with E-state index in [4.69, 9.17) is 11.5 Å². The number of benzene rings is 6. The first kappa shape index (κ1) is 32.2. The highest BCUT2D eigenvalue weighted by atomic mass is 15.2. The minimum Gasteiger partial charge on any atom is -0.398 e. The van der Waals surface area contributed by atoms with Gasteiger partial charge < -0.3 is 21.3 Å². The summed E-state index contributed by atoms with van der Waals surface area (Å²) in [6, 6.07) is 43.1. The van der Waals surface area contributed by atoms with Crippen LogP contribution >= 0.6 is 0 Å². The minimum atomic E-state index is -0.253. The smallest absolute Gasteiger partial charge is 0.0643 e. The van der Waals surface area contributed by atoms with Crippen molar-refractivity contribution < 1.29 is 0 Å². The van der Waals surface area contributed by atoms with Crippen LogP contribution in [0, 0.1) is 5.92 Å². The average Bonchev–Trinajstić information content (AvgIpc) is 3.16. The first-order valence-electron chi connectivity index (χ1n) is 17.9. The molecule has 6 aromatic rings. The largest absolute Gasteiger partial charge is 0.398 e. The van der Waals surface area contributed by atoms with Gasteiger partial charge in [0.2, 0.25) is 0 Å². The molecule has 1 unspecified atom stereocenters. The fourth-order valence-electron chi connectivity index (χ4n) is 7.61. The van der Waals surface area contributed by atoms with E-state index in [0.717, 1.165) is 68.5 Å². The molecule has 4 nitrogen and oxygen atoms in total. The molecule has 0 heterocycles. The van der Waals surface area contributed by atoms with Crippen molar-refractivity contribution in [2.24, 2.45) is 5.92 Å². The normalized spacial score (nSPS) is 18.5. The third-order valence-electron chi connectivity index (χ3n) is 10.5. The zero-order valence-electron chi connectivity index (χ0n) is 29.6. The van der Waals surface area contributed by atoms with Gasteiger partial charge in [-0.3, -0.25) is 0 Å². The van der Waals surface area contributed by atoms with Crippen LogP contribution in [0.15, 0.2) is 169 Å². The van der Waals surface area contributed by atoms with Crippen LogP contribution in [0.25, 0.3) is 32.7 Å². The Morgan fingerprint density at radius 3 is 1.71 bits per heavy atom. The lowest BCUT2D eigenvalue weighted by atomic mass is 9.87. The van der Waals surface area contributed by atoms with Crippen molar-refractivity contribution in [3.8, 4) is 11.1 Å². The highest BCUT2D eigenvalue weighted by molar-refractivity contribution is 6.04. The Hall–Kier alpha value is -6.00. The Kier molecular flexibility index (Phi) is 8.24. The molecule has 6 aromatic carbocycles. The number of anilines is 6. The molecule has 0 spiro atoms. The molecule has 0 amide bonds. The Bertz CT molecular complexity index is 2380. The third-order valence-corrected chi connectivity index (χ3v) is 10.5. The summed E-state index contributed by atoms with van der Waals surface area (Å²) in [7, 11) is 0. The zero-order valence-corrected chi connectivity index (χ0v) is 29.6. The fraction of sp³-hybridized carbons (Fsp3) is 0.149. The van der Waals surface area contributed by atoms with Gasteiger partial charge in [0.25, 0.3) is 0 Å². The van der Waals surface area contributed by atoms with Crippen LogP contribution in [0.5, 0.6) is 0 Å². The highest BCUT2D eigenvalue weighted by Gasteiger charge is 2.32. The van der Waals surface area contributed by atoms with Gasteiger partial charge in [0.05, 0.1) is 11.2 Å². The number of hydrogen-bond donors (Lipinski definition) is 2. The van der Waals surface area contributed by atoms with Crippen LogP contribution in [0.1, 0.15) is 33.6 Å². The Balaban J connectivity index is 1.17. The number of nitrogens with two attached hydrogens (primary N) is 2. The Labute approximate surface area is 301 Å². The Morgan fingerprint density at radius 2 is 1.16 bits per heavy atom. The van der Waals surface area contributed by atoms with Gasteiger partial charge >= 0.3 is 0 Å². The van der Waals surface area contributed by atoms with Crippen molar-refractivity contribution in [3.63, 3.8) is 0 Å². The molecule has 4 heteroatoms. The van der Waals surface area contributed by atoms with Crippen molar-refractivity contribution in [2.45, 2.75) is 39.2 Å². The van der Waals surface area contributed by atoms with Crippen molar-refractivity contribution in [3.05, 3.63) is 169 Å². The van der Waals surface area contributed by atoms with E-state index in [-0.39, 0.29) is 5.54 Å². The molecule has 0 saturated carbocycles. The van der Waals surface area contributed by atoms with Gasteiger partial charge in [0.15, 0.2) is 0 Å². The maximum atomic E-state index is 6.46. The van der Waals surface area contributed by atoms with E-state index in [2.05, 4.69) is 176 Å². The van der Waals surface area contributed by atoms with Crippen molar-refractivity contribution in [1.82, 2.24) is 0 Å². The van der Waals surface area contributed by atoms with E-state index >= 15 is 0 Å². The fourth-order valence-corrected chi connectivity index (χ4v) is 7.61. The summed E-state index contributed by atoms with van der Waals surface area (Å²) in [6.07, 6.45) is 15.7. The lowest BCUT2D eigenvalue weighted by Crippen LogP contribution is -2.42. The van der Waals surface area contributed by atoms with Gasteiger partial charge in [-0.25, -0.2) is 0 Å². The summed E-state index contributed by atoms with van der Waals surface area (Å²) in [5.41, 5.74) is 23.5. The van der Waals surface area contributed by atoms with Gasteiger partial charge in [-0.1, -0.05) is 116 Å². The standard InChI is InChI=1S/C47H44N4/c1-32-12-18-36(19-13-32)50(45-26-24-43(48)39-8-4-6-10-41(39)45)37-20-14-34(15-21-37)35-16-22-38(23-17-35)51(47(3)30-28-33(2)29-31-47)46-27-25-44(49)40-9-5-7-11-42(40)46/h4-12,14-30,32H,13,31,48-49H2,1-3H3/t32?,47-/m0/s1. The molecule has 2 aliphatic carbocycles. The molecule has 51 heavy (non-hydrogen) atoms. The van der Waals surface area contributed by atoms with E-state index in [1.54, 1.807) is 0 Å². The molecule has 8 rings (SSSR count). The van der Waals surface area contributed by atoms with Gasteiger partial charge in [-0.2, -0.15) is 0 Å². The second-order valence-corrected chi connectivity index (χ2v) is 14.2. The van der Waals surface area contributed by atoms with Crippen LogP contribution in [0.3, 0.4) is 0 Å². The van der Waals surface area contributed by atoms with E-state index < -0.39 is 0 Å². The molecule has 4 N–H and O–H groups in total. The number of nitrogens with zero attached hydrogens (tertiary/aromatic N) is 2. The van der Waals surface area contributed by atoms with Crippen LogP contribution in [-0.4, -0.2) is 5.54 Å². The van der Waals surface area contributed by atoms with Gasteiger partial charge in [0, 0.05) is 55.7 Å². The molecule has 2 aliphatic rings. The summed E-state index contributed by atoms with van der Waals surface area (Å²) >= 11 is 0. The molecule has 2 atom stereocenters. The SMILES string of the molecule is CC1=CC[C@@](C)(N(c2ccc(-c3ccc(N(C4=CCC(C)C=C4)c4ccc(N)c5ccccc45)cc3)cc2)c2ccc(N)c3ccccc23)C=C1. The molecule has 0 bridgehead atoms. The topological polar surface area (TPSA) is 58.5 Å². The number of hydrogen-bond acceptors (Lipinski definition) is 4. The lowest BCUT2D eigenvalue weighted by molar-refractivity contribution is 0.568. The monoisotopic (exact) mass is 664 g/mol. The second-order valence-electron chi connectivity index (χ2n) is 14.2. The second kappa shape index (κ2) is 13.0. The molecule has 0 saturated heterocycles. The third kappa shape index (κ3) is 5.97. The van der Waals surface area contributed by atoms with Crippen LogP contribution in [0.4, 0.5) is 34.1 Å². The average molecular weight is 665 g/mol. The van der Waals surface area contributed by atoms with Gasteiger partial charge in [-0.05, 0) is 98.3 Å². The molecule has 0 aromatic heterocycles. The summed E-state index contributed by atoms with van der Waals surface area (Å²) in [5, 5.41) is 4.42. The molecule has 252 valence electrons. The molecule has 0 radical (unpaired) electrons. The summed E-state index contributed by atoms with van der Waals surface area (Å²) in [5.74, 6) is 0.524. The number of fused-ring (bicyclic) bond motifs is 2. The molecule has 0 aliphatic heterocycles. The highest BCUT2D eigenvalue weighted by Crippen LogP contribution is 2.44. The van der Waals surface area contributed by atoms with Crippen LogP contribution in [-0.2, 0) is 0 Å². The summed E-state index contributed by atoms with van der Waals surface area (Å²) < 4.78 is 0. The van der Waals surface area contributed by atoms with Crippen molar-refractivity contribution >= 4 is 55.7 Å². The summed E-state index contributed by atoms with van der Waals surface area (Å²) in [6.45, 7) is 6.74. The molecular formula is C47H44N4. The zero-order chi connectivity index (χ0) is 35.1. The first-order valence-corrected chi connectivity index (χ1v) is 17.9. The van der Waals surface area contributed by atoms with E-state index in [9.17, 15) is 0 Å². The number of nitrogen functional groups attached to an aromatic ring is 2. The van der Waals surface area contributed by atoms with Gasteiger partial charge in [0.1, 0.15) is 0 Å². The Morgan fingerprint density at radius 1 is 0.608 bits per heavy atom. The molecule has 0 fully saturated rings. The van der Waals surface area contributed by atoms with Crippen molar-refractivity contribution in [2.75, 3.05) is 21.3 Å². The number of rotatable bonds is 7. The predicted molar refractivity (Wildman–Crippen MR) is 220 cm³/mol. The molecular weight excluding hydrogens is 621 g/mol. The lowest BCUT2D eigenvalue weighted by Gasteiger charge is -2.43. The maximum Gasteiger partial charge on any atom is 0.0643 e. The minimum absolute atomic E-state index is 0.253. The first-order chi connectivity index (χ1) is 24.8. The van der Waals surface area contributed by atoms with E-state index in [1.165, 1.54) is 22.4 Å². The van der Waals surface area contributed by atoms with Gasteiger partial charge in [-0.15, -0.1) is 0 Å². The van der Waals surface area contributed by atoms with E-state index in [0.29, 0.717) is 5.92 Å². The maximum absolute atomic E-state index is 6.46. The number of allylic oxidation sites excluding steroid dienone is 5.